The third kappa shape index (κ3) is 6.11. The molecule has 0 aromatic heterocycles. The van der Waals surface area contributed by atoms with Gasteiger partial charge in [0.15, 0.2) is 9.84 Å². The number of rotatable bonds is 5. The van der Waals surface area contributed by atoms with E-state index in [0.29, 0.717) is 25.4 Å². The van der Waals surface area contributed by atoms with Gasteiger partial charge in [-0.3, -0.25) is 4.90 Å². The number of carbonyl (C=O) groups is 2. The number of cyclic esters (lactones) is 1. The van der Waals surface area contributed by atoms with Crippen LogP contribution >= 0.6 is 0 Å². The molecule has 1 aromatic carbocycles. The van der Waals surface area contributed by atoms with Crippen molar-refractivity contribution in [3.63, 3.8) is 0 Å². The highest BCUT2D eigenvalue weighted by Gasteiger charge is 2.35. The molecular weight excluding hydrogens is 439 g/mol. The minimum Gasteiger partial charge on any atom is -0.444 e. The molecule has 2 fully saturated rings. The molecule has 0 N–H and O–H groups in total. The maximum absolute atomic E-state index is 14.5. The SMILES string of the molecule is CC(C)(C)OC(=O)N1CCC(CCC2CN(c3ccc(S(C)(=O)=O)cc3F)C(=O)O2)CC1. The van der Waals surface area contributed by atoms with Gasteiger partial charge in [0.1, 0.15) is 17.5 Å². The lowest BCUT2D eigenvalue weighted by Crippen LogP contribution is -2.41. The van der Waals surface area contributed by atoms with Crippen LogP contribution in [0.1, 0.15) is 46.5 Å². The van der Waals surface area contributed by atoms with Crippen LogP contribution in [0.4, 0.5) is 19.7 Å². The number of carbonyl (C=O) groups excluding carboxylic acids is 2. The molecule has 0 bridgehead atoms. The van der Waals surface area contributed by atoms with Crippen molar-refractivity contribution in [1.29, 1.82) is 0 Å². The lowest BCUT2D eigenvalue weighted by molar-refractivity contribution is 0.0175. The van der Waals surface area contributed by atoms with Crippen molar-refractivity contribution >= 4 is 27.7 Å². The number of piperidine rings is 1. The van der Waals surface area contributed by atoms with E-state index in [1.807, 2.05) is 20.8 Å². The fourth-order valence-corrected chi connectivity index (χ4v) is 4.59. The van der Waals surface area contributed by atoms with E-state index in [0.717, 1.165) is 31.6 Å². The van der Waals surface area contributed by atoms with E-state index in [-0.39, 0.29) is 29.3 Å². The molecule has 0 spiro atoms. The maximum atomic E-state index is 14.5. The van der Waals surface area contributed by atoms with Crippen molar-refractivity contribution < 1.29 is 31.9 Å². The zero-order chi connectivity index (χ0) is 23.7. The fourth-order valence-electron chi connectivity index (χ4n) is 3.96. The Bertz CT molecular complexity index is 967. The first-order valence-electron chi connectivity index (χ1n) is 10.8. The van der Waals surface area contributed by atoms with Gasteiger partial charge >= 0.3 is 12.2 Å². The van der Waals surface area contributed by atoms with Crippen molar-refractivity contribution in [1.82, 2.24) is 4.90 Å². The second-order valence-electron chi connectivity index (χ2n) is 9.49. The molecule has 2 aliphatic rings. The Balaban J connectivity index is 1.49. The summed E-state index contributed by atoms with van der Waals surface area (Å²) in [5.74, 6) is -0.368. The van der Waals surface area contributed by atoms with E-state index < -0.39 is 27.3 Å². The molecule has 0 aliphatic carbocycles. The minimum atomic E-state index is -3.54. The Labute approximate surface area is 188 Å². The number of nitrogens with zero attached hydrogens (tertiary/aromatic N) is 2. The van der Waals surface area contributed by atoms with Crippen LogP contribution in [0.3, 0.4) is 0 Å². The number of halogens is 1. The van der Waals surface area contributed by atoms with Crippen LogP contribution in [0, 0.1) is 11.7 Å². The van der Waals surface area contributed by atoms with E-state index in [9.17, 15) is 22.4 Å². The van der Waals surface area contributed by atoms with Crippen LogP contribution in [0.5, 0.6) is 0 Å². The van der Waals surface area contributed by atoms with Gasteiger partial charge in [-0.15, -0.1) is 0 Å². The van der Waals surface area contributed by atoms with Crippen LogP contribution in [0.2, 0.25) is 0 Å². The van der Waals surface area contributed by atoms with Gasteiger partial charge in [0, 0.05) is 19.3 Å². The van der Waals surface area contributed by atoms with Gasteiger partial charge in [-0.2, -0.15) is 0 Å². The van der Waals surface area contributed by atoms with Crippen LogP contribution in [-0.2, 0) is 19.3 Å². The maximum Gasteiger partial charge on any atom is 0.414 e. The van der Waals surface area contributed by atoms with Gasteiger partial charge in [0.2, 0.25) is 0 Å². The molecule has 2 heterocycles. The molecular formula is C22H31FN2O6S. The van der Waals surface area contributed by atoms with E-state index in [1.54, 1.807) is 4.90 Å². The molecule has 1 atom stereocenters. The van der Waals surface area contributed by atoms with Crippen molar-refractivity contribution in [3.05, 3.63) is 24.0 Å². The zero-order valence-electron chi connectivity index (χ0n) is 19.0. The third-order valence-corrected chi connectivity index (χ3v) is 6.79. The summed E-state index contributed by atoms with van der Waals surface area (Å²) in [5, 5.41) is 0. The first-order valence-corrected chi connectivity index (χ1v) is 12.7. The Morgan fingerprint density at radius 1 is 1.22 bits per heavy atom. The van der Waals surface area contributed by atoms with Crippen molar-refractivity contribution in [2.75, 3.05) is 30.8 Å². The molecule has 2 saturated heterocycles. The Morgan fingerprint density at radius 3 is 2.44 bits per heavy atom. The van der Waals surface area contributed by atoms with Crippen molar-refractivity contribution in [2.45, 2.75) is 63.1 Å². The molecule has 32 heavy (non-hydrogen) atoms. The molecule has 8 nitrogen and oxygen atoms in total. The second kappa shape index (κ2) is 9.25. The van der Waals surface area contributed by atoms with E-state index in [1.165, 1.54) is 17.0 Å². The van der Waals surface area contributed by atoms with E-state index in [4.69, 9.17) is 9.47 Å². The van der Waals surface area contributed by atoms with Crippen LogP contribution in [0.25, 0.3) is 0 Å². The van der Waals surface area contributed by atoms with Gasteiger partial charge < -0.3 is 14.4 Å². The molecule has 10 heteroatoms. The number of ether oxygens (including phenoxy) is 2. The second-order valence-corrected chi connectivity index (χ2v) is 11.5. The lowest BCUT2D eigenvalue weighted by atomic mass is 9.91. The van der Waals surface area contributed by atoms with E-state index >= 15 is 0 Å². The minimum absolute atomic E-state index is 0.00979. The summed E-state index contributed by atoms with van der Waals surface area (Å²) >= 11 is 0. The summed E-state index contributed by atoms with van der Waals surface area (Å²) < 4.78 is 48.5. The molecule has 0 saturated carbocycles. The van der Waals surface area contributed by atoms with Crippen molar-refractivity contribution in [2.24, 2.45) is 5.92 Å². The summed E-state index contributed by atoms with van der Waals surface area (Å²) in [6.07, 6.45) is 2.89. The summed E-state index contributed by atoms with van der Waals surface area (Å²) in [4.78, 5) is 27.2. The molecule has 3 rings (SSSR count). The summed E-state index contributed by atoms with van der Waals surface area (Å²) in [6, 6.07) is 3.50. The first-order chi connectivity index (χ1) is 14.8. The van der Waals surface area contributed by atoms with Gasteiger partial charge in [-0.1, -0.05) is 0 Å². The van der Waals surface area contributed by atoms with Gasteiger partial charge in [0.05, 0.1) is 17.1 Å². The molecule has 1 aromatic rings. The van der Waals surface area contributed by atoms with Crippen LogP contribution in [0.15, 0.2) is 23.1 Å². The summed E-state index contributed by atoms with van der Waals surface area (Å²) in [6.45, 7) is 7.01. The van der Waals surface area contributed by atoms with Gasteiger partial charge in [-0.25, -0.2) is 22.4 Å². The van der Waals surface area contributed by atoms with Gasteiger partial charge in [-0.05, 0) is 70.6 Å². The number of likely N-dealkylation sites (tertiary alicyclic amines) is 1. The first kappa shape index (κ1) is 24.3. The Kier molecular flexibility index (Phi) is 7.02. The van der Waals surface area contributed by atoms with E-state index in [2.05, 4.69) is 0 Å². The third-order valence-electron chi connectivity index (χ3n) is 5.68. The molecule has 2 aliphatic heterocycles. The van der Waals surface area contributed by atoms with Gasteiger partial charge in [0.25, 0.3) is 0 Å². The number of sulfone groups is 1. The highest BCUT2D eigenvalue weighted by atomic mass is 32.2. The predicted molar refractivity (Wildman–Crippen MR) is 117 cm³/mol. The number of anilines is 1. The summed E-state index contributed by atoms with van der Waals surface area (Å²) in [7, 11) is -3.54. The fraction of sp³-hybridized carbons (Fsp3) is 0.636. The Hall–Kier alpha value is -2.36. The monoisotopic (exact) mass is 470 g/mol. The highest BCUT2D eigenvalue weighted by Crippen LogP contribution is 2.30. The van der Waals surface area contributed by atoms with Crippen molar-refractivity contribution in [3.8, 4) is 0 Å². The quantitative estimate of drug-likeness (QED) is 0.646. The Morgan fingerprint density at radius 2 is 1.88 bits per heavy atom. The zero-order valence-corrected chi connectivity index (χ0v) is 19.8. The lowest BCUT2D eigenvalue weighted by Gasteiger charge is -2.33. The molecule has 1 unspecified atom stereocenters. The standard InChI is InChI=1S/C22H31FN2O6S/c1-22(2,3)31-20(26)24-11-9-15(10-12-24)5-6-16-14-25(21(27)30-16)19-8-7-17(13-18(19)23)32(4,28)29/h7-8,13,15-16H,5-6,9-12,14H2,1-4H3. The largest absolute Gasteiger partial charge is 0.444 e. The number of hydrogen-bond donors (Lipinski definition) is 0. The smallest absolute Gasteiger partial charge is 0.414 e. The number of amides is 2. The average molecular weight is 471 g/mol. The predicted octanol–water partition coefficient (Wildman–Crippen LogP) is 3.98. The number of benzene rings is 1. The highest BCUT2D eigenvalue weighted by molar-refractivity contribution is 7.90. The molecule has 2 amide bonds. The summed E-state index contributed by atoms with van der Waals surface area (Å²) in [5.41, 5.74) is -0.507. The molecule has 178 valence electrons. The van der Waals surface area contributed by atoms with Crippen LogP contribution in [-0.4, -0.2) is 63.1 Å². The number of hydrogen-bond acceptors (Lipinski definition) is 6. The average Bonchev–Trinajstić information content (AvgIpc) is 3.05. The topological polar surface area (TPSA) is 93.2 Å². The normalized spacial score (nSPS) is 20.4. The molecule has 0 radical (unpaired) electrons. The van der Waals surface area contributed by atoms with Crippen LogP contribution < -0.4 is 4.90 Å².